The summed E-state index contributed by atoms with van der Waals surface area (Å²) in [6.07, 6.45) is 1.23. The number of benzene rings is 2. The quantitative estimate of drug-likeness (QED) is 0.344. The third-order valence-corrected chi connectivity index (χ3v) is 4.12. The molecule has 0 heterocycles. The molecule has 0 atom stereocenters. The summed E-state index contributed by atoms with van der Waals surface area (Å²) in [5, 5.41) is 16.0. The van der Waals surface area contributed by atoms with Gasteiger partial charge in [0, 0.05) is 15.7 Å². The van der Waals surface area contributed by atoms with Crippen molar-refractivity contribution in [1.29, 1.82) is 0 Å². The zero-order valence-electron chi connectivity index (χ0n) is 13.6. The number of phenolic OH excluding ortho intramolecular Hbond substituents is 1. The highest BCUT2D eigenvalue weighted by molar-refractivity contribution is 9.11. The van der Waals surface area contributed by atoms with E-state index < -0.39 is 11.8 Å². The Morgan fingerprint density at radius 2 is 1.88 bits per heavy atom. The van der Waals surface area contributed by atoms with Crippen LogP contribution in [0.15, 0.2) is 50.4 Å². The number of hydrogen-bond donors (Lipinski definition) is 3. The number of rotatable bonds is 5. The maximum Gasteiger partial charge on any atom is 0.329 e. The van der Waals surface area contributed by atoms with Gasteiger partial charge in [-0.25, -0.2) is 5.43 Å². The first kappa shape index (κ1) is 19.9. The van der Waals surface area contributed by atoms with E-state index in [1.807, 2.05) is 6.92 Å². The van der Waals surface area contributed by atoms with Crippen LogP contribution in [0.2, 0.25) is 0 Å². The second-order valence-electron chi connectivity index (χ2n) is 4.94. The topological polar surface area (TPSA) is 100 Å². The van der Waals surface area contributed by atoms with Crippen molar-refractivity contribution in [3.8, 4) is 11.5 Å². The molecule has 0 aliphatic rings. The van der Waals surface area contributed by atoms with Gasteiger partial charge in [0.05, 0.1) is 17.3 Å². The number of carbonyl (C=O) groups excluding carboxylic acids is 2. The van der Waals surface area contributed by atoms with Crippen molar-refractivity contribution in [2.45, 2.75) is 6.92 Å². The van der Waals surface area contributed by atoms with E-state index in [4.69, 9.17) is 4.74 Å². The van der Waals surface area contributed by atoms with Gasteiger partial charge >= 0.3 is 11.8 Å². The van der Waals surface area contributed by atoms with Crippen molar-refractivity contribution in [3.05, 3.63) is 50.9 Å². The Kier molecular flexibility index (Phi) is 7.16. The summed E-state index contributed by atoms with van der Waals surface area (Å²) >= 11 is 6.47. The minimum Gasteiger partial charge on any atom is -0.506 e. The van der Waals surface area contributed by atoms with Gasteiger partial charge in [-0.15, -0.1) is 0 Å². The Morgan fingerprint density at radius 3 is 2.54 bits per heavy atom. The average molecular weight is 485 g/mol. The number of nitrogens with zero attached hydrogens (tertiary/aromatic N) is 1. The molecular formula is C17H15Br2N3O4. The third kappa shape index (κ3) is 5.57. The first-order chi connectivity index (χ1) is 12.4. The molecule has 9 heteroatoms. The Hall–Kier alpha value is -2.39. The van der Waals surface area contributed by atoms with Crippen molar-refractivity contribution in [2.75, 3.05) is 11.9 Å². The fraction of sp³-hybridized carbons (Fsp3) is 0.118. The van der Waals surface area contributed by atoms with Gasteiger partial charge in [-0.2, -0.15) is 5.10 Å². The molecule has 0 radical (unpaired) electrons. The van der Waals surface area contributed by atoms with E-state index in [1.54, 1.807) is 36.4 Å². The molecule has 0 aliphatic heterocycles. The van der Waals surface area contributed by atoms with Gasteiger partial charge < -0.3 is 15.2 Å². The minimum atomic E-state index is -0.941. The Balaban J connectivity index is 1.94. The lowest BCUT2D eigenvalue weighted by molar-refractivity contribution is -0.136. The van der Waals surface area contributed by atoms with Crippen molar-refractivity contribution < 1.29 is 19.4 Å². The van der Waals surface area contributed by atoms with Crippen molar-refractivity contribution >= 4 is 55.6 Å². The van der Waals surface area contributed by atoms with Crippen LogP contribution in [0.4, 0.5) is 5.69 Å². The van der Waals surface area contributed by atoms with Crippen LogP contribution in [0, 0.1) is 0 Å². The Morgan fingerprint density at radius 1 is 1.19 bits per heavy atom. The van der Waals surface area contributed by atoms with E-state index in [2.05, 4.69) is 47.7 Å². The molecule has 0 aromatic heterocycles. The molecule has 7 nitrogen and oxygen atoms in total. The molecule has 0 saturated heterocycles. The van der Waals surface area contributed by atoms with Crippen LogP contribution in [0.3, 0.4) is 0 Å². The van der Waals surface area contributed by atoms with Gasteiger partial charge in [0.25, 0.3) is 0 Å². The van der Waals surface area contributed by atoms with Crippen LogP contribution in [-0.2, 0) is 9.59 Å². The first-order valence-corrected chi connectivity index (χ1v) is 9.04. The van der Waals surface area contributed by atoms with E-state index in [1.165, 1.54) is 6.21 Å². The van der Waals surface area contributed by atoms with E-state index in [-0.39, 0.29) is 5.75 Å². The molecule has 3 N–H and O–H groups in total. The summed E-state index contributed by atoms with van der Waals surface area (Å²) in [5.74, 6) is -1.18. The number of phenols is 1. The van der Waals surface area contributed by atoms with Gasteiger partial charge in [0.1, 0.15) is 11.5 Å². The lowest BCUT2D eigenvalue weighted by Crippen LogP contribution is -2.32. The second-order valence-corrected chi connectivity index (χ2v) is 6.71. The zero-order chi connectivity index (χ0) is 19.1. The summed E-state index contributed by atoms with van der Waals surface area (Å²) in [6.45, 7) is 2.41. The van der Waals surface area contributed by atoms with Gasteiger partial charge in [-0.3, -0.25) is 9.59 Å². The molecule has 26 heavy (non-hydrogen) atoms. The predicted octanol–water partition coefficient (Wildman–Crippen LogP) is 3.40. The monoisotopic (exact) mass is 483 g/mol. The maximum absolute atomic E-state index is 11.8. The molecule has 0 saturated carbocycles. The lowest BCUT2D eigenvalue weighted by Gasteiger charge is -2.06. The summed E-state index contributed by atoms with van der Waals surface area (Å²) in [5.41, 5.74) is 2.91. The van der Waals surface area contributed by atoms with Gasteiger partial charge in [-0.05, 0) is 59.3 Å². The highest BCUT2D eigenvalue weighted by Crippen LogP contribution is 2.30. The van der Waals surface area contributed by atoms with Crippen LogP contribution in [0.1, 0.15) is 12.5 Å². The number of carbonyl (C=O) groups is 2. The fourth-order valence-corrected chi connectivity index (χ4v) is 3.14. The maximum atomic E-state index is 11.8. The molecule has 0 aliphatic carbocycles. The molecule has 2 rings (SSSR count). The van der Waals surface area contributed by atoms with Crippen molar-refractivity contribution in [2.24, 2.45) is 5.10 Å². The number of amides is 2. The molecule has 2 aromatic carbocycles. The van der Waals surface area contributed by atoms with Crippen molar-refractivity contribution in [3.63, 3.8) is 0 Å². The Bertz CT molecular complexity index is 839. The molecule has 136 valence electrons. The highest BCUT2D eigenvalue weighted by Gasteiger charge is 2.13. The summed E-state index contributed by atoms with van der Waals surface area (Å²) in [7, 11) is 0. The van der Waals surface area contributed by atoms with Crippen LogP contribution in [0.25, 0.3) is 0 Å². The number of nitrogens with one attached hydrogen (secondary N) is 2. The van der Waals surface area contributed by atoms with Gasteiger partial charge in [-0.1, -0.05) is 15.9 Å². The second kappa shape index (κ2) is 9.35. The zero-order valence-corrected chi connectivity index (χ0v) is 16.8. The number of anilines is 1. The van der Waals surface area contributed by atoms with E-state index in [0.717, 1.165) is 0 Å². The summed E-state index contributed by atoms with van der Waals surface area (Å²) < 4.78 is 6.47. The number of ether oxygens (including phenoxy) is 1. The minimum absolute atomic E-state index is 0.0370. The first-order valence-electron chi connectivity index (χ1n) is 7.46. The molecule has 0 bridgehead atoms. The highest BCUT2D eigenvalue weighted by atomic mass is 79.9. The summed E-state index contributed by atoms with van der Waals surface area (Å²) in [4.78, 5) is 23.6. The molecule has 0 unspecified atom stereocenters. The van der Waals surface area contributed by atoms with Crippen LogP contribution < -0.4 is 15.5 Å². The molecule has 2 amide bonds. The predicted molar refractivity (Wildman–Crippen MR) is 105 cm³/mol. The lowest BCUT2D eigenvalue weighted by atomic mass is 10.2. The number of hydrogen-bond acceptors (Lipinski definition) is 5. The normalized spacial score (nSPS) is 10.6. The van der Waals surface area contributed by atoms with Crippen LogP contribution in [-0.4, -0.2) is 29.7 Å². The van der Waals surface area contributed by atoms with Crippen LogP contribution in [0.5, 0.6) is 11.5 Å². The Labute approximate surface area is 166 Å². The average Bonchev–Trinajstić information content (AvgIpc) is 2.60. The molecule has 2 aromatic rings. The smallest absolute Gasteiger partial charge is 0.329 e. The third-order valence-electron chi connectivity index (χ3n) is 3.06. The van der Waals surface area contributed by atoms with Gasteiger partial charge in [0.2, 0.25) is 0 Å². The van der Waals surface area contributed by atoms with Crippen LogP contribution >= 0.6 is 31.9 Å². The molecular weight excluding hydrogens is 470 g/mol. The standard InChI is InChI=1S/C17H15Br2N3O4/c1-2-26-13-5-3-12(4-6-13)21-16(24)17(25)22-20-9-10-7-11(18)8-14(19)15(10)23/h3-9,23H,2H2,1H3,(H,21,24)(H,22,25)/b20-9-. The largest absolute Gasteiger partial charge is 0.506 e. The van der Waals surface area contributed by atoms with E-state index >= 15 is 0 Å². The number of halogens is 2. The SMILES string of the molecule is CCOc1ccc(NC(=O)C(=O)N/N=C\c2cc(Br)cc(Br)c2O)cc1. The van der Waals surface area contributed by atoms with E-state index in [9.17, 15) is 14.7 Å². The molecule has 0 fully saturated rings. The number of hydrazone groups is 1. The summed E-state index contributed by atoms with van der Waals surface area (Å²) in [6, 6.07) is 9.88. The van der Waals surface area contributed by atoms with Gasteiger partial charge in [0.15, 0.2) is 0 Å². The van der Waals surface area contributed by atoms with E-state index in [0.29, 0.717) is 32.6 Å². The number of aromatic hydroxyl groups is 1. The molecule has 0 spiro atoms. The van der Waals surface area contributed by atoms with Crippen molar-refractivity contribution in [1.82, 2.24) is 5.43 Å². The fourth-order valence-electron chi connectivity index (χ4n) is 1.88.